The molecule has 1 aliphatic rings. The van der Waals surface area contributed by atoms with E-state index in [0.717, 1.165) is 24.0 Å². The molecule has 3 aromatic rings. The van der Waals surface area contributed by atoms with Crippen molar-refractivity contribution in [2.24, 2.45) is 0 Å². The van der Waals surface area contributed by atoms with E-state index >= 15 is 0 Å². The highest BCUT2D eigenvalue weighted by Crippen LogP contribution is 2.23. The van der Waals surface area contributed by atoms with Crippen LogP contribution in [-0.4, -0.2) is 53.9 Å². The van der Waals surface area contributed by atoms with Crippen LogP contribution in [0.3, 0.4) is 0 Å². The van der Waals surface area contributed by atoms with Crippen molar-refractivity contribution in [3.05, 3.63) is 46.2 Å². The largest absolute Gasteiger partial charge is 0.378 e. The fourth-order valence-corrected chi connectivity index (χ4v) is 3.89. The van der Waals surface area contributed by atoms with Gasteiger partial charge in [-0.3, -0.25) is 9.36 Å². The molecule has 2 atom stereocenters. The van der Waals surface area contributed by atoms with Crippen molar-refractivity contribution < 1.29 is 4.74 Å². The summed E-state index contributed by atoms with van der Waals surface area (Å²) in [5, 5.41) is 6.58. The van der Waals surface area contributed by atoms with Gasteiger partial charge < -0.3 is 15.0 Å². The Morgan fingerprint density at radius 1 is 1.32 bits per heavy atom. The number of thiazole rings is 1. The number of methoxy groups -OCH3 is 1. The molecule has 0 spiro atoms. The quantitative estimate of drug-likeness (QED) is 0.758. The number of hydrogen-bond donors (Lipinski definition) is 1. The van der Waals surface area contributed by atoms with Crippen molar-refractivity contribution in [1.82, 2.24) is 19.9 Å². The Bertz CT molecular complexity index is 928. The van der Waals surface area contributed by atoms with E-state index < -0.39 is 0 Å². The van der Waals surface area contributed by atoms with E-state index in [1.165, 1.54) is 11.3 Å². The maximum atomic E-state index is 12.2. The molecule has 1 fully saturated rings. The summed E-state index contributed by atoms with van der Waals surface area (Å²) in [5.41, 5.74) is 0.591. The van der Waals surface area contributed by atoms with E-state index in [9.17, 15) is 4.79 Å². The molecular weight excluding hydrogens is 338 g/mol. The minimum atomic E-state index is -0.0360. The molecule has 3 aromatic heterocycles. The Morgan fingerprint density at radius 2 is 2.20 bits per heavy atom. The molecule has 0 amide bonds. The molecule has 8 heteroatoms. The number of likely N-dealkylation sites (N-methyl/N-ethyl adjacent to an activating group) is 1. The molecule has 25 heavy (non-hydrogen) atoms. The van der Waals surface area contributed by atoms with Gasteiger partial charge in [-0.1, -0.05) is 0 Å². The summed E-state index contributed by atoms with van der Waals surface area (Å²) in [7, 11) is 3.67. The smallest absolute Gasteiger partial charge is 0.195 e. The van der Waals surface area contributed by atoms with E-state index in [1.54, 1.807) is 25.6 Å². The Morgan fingerprint density at radius 3 is 2.88 bits per heavy atom. The Kier molecular flexibility index (Phi) is 4.24. The molecule has 1 saturated heterocycles. The van der Waals surface area contributed by atoms with Gasteiger partial charge in [0, 0.05) is 44.0 Å². The first-order valence-electron chi connectivity index (χ1n) is 8.08. The number of pyridine rings is 2. The lowest BCUT2D eigenvalue weighted by atomic mass is 10.2. The van der Waals surface area contributed by atoms with Gasteiger partial charge in [-0.2, -0.15) is 0 Å². The number of aromatic nitrogens is 3. The maximum Gasteiger partial charge on any atom is 0.195 e. The highest BCUT2D eigenvalue weighted by atomic mass is 32.1. The lowest BCUT2D eigenvalue weighted by Crippen LogP contribution is -2.37. The van der Waals surface area contributed by atoms with Crippen LogP contribution < -0.4 is 15.6 Å². The first-order chi connectivity index (χ1) is 12.2. The van der Waals surface area contributed by atoms with Gasteiger partial charge in [0.05, 0.1) is 17.5 Å². The van der Waals surface area contributed by atoms with Crippen molar-refractivity contribution in [3.8, 4) is 5.13 Å². The maximum absolute atomic E-state index is 12.2. The second kappa shape index (κ2) is 6.55. The number of ether oxygens (including phenoxy) is 1. The van der Waals surface area contributed by atoms with E-state index in [1.807, 2.05) is 29.1 Å². The van der Waals surface area contributed by atoms with Gasteiger partial charge in [0.25, 0.3) is 0 Å². The van der Waals surface area contributed by atoms with Crippen LogP contribution >= 0.6 is 11.3 Å². The van der Waals surface area contributed by atoms with Crippen LogP contribution in [0, 0.1) is 0 Å². The SMILES string of the molecule is CNC1CN(c2ccc3c(=O)ccn(-c4nccs4)c3n2)CC1OC. The molecule has 7 nitrogen and oxygen atoms in total. The molecule has 1 aliphatic heterocycles. The number of anilines is 1. The van der Waals surface area contributed by atoms with Crippen LogP contribution in [0.2, 0.25) is 0 Å². The van der Waals surface area contributed by atoms with E-state index in [2.05, 4.69) is 15.2 Å². The fraction of sp³-hybridized carbons (Fsp3) is 0.353. The van der Waals surface area contributed by atoms with Gasteiger partial charge in [0.15, 0.2) is 16.2 Å². The number of rotatable bonds is 4. The minimum Gasteiger partial charge on any atom is -0.378 e. The third-order valence-electron chi connectivity index (χ3n) is 4.62. The third-order valence-corrected chi connectivity index (χ3v) is 5.39. The van der Waals surface area contributed by atoms with Gasteiger partial charge >= 0.3 is 0 Å². The average Bonchev–Trinajstić information content (AvgIpc) is 3.31. The highest BCUT2D eigenvalue weighted by molar-refractivity contribution is 7.12. The van der Waals surface area contributed by atoms with Gasteiger partial charge in [0.1, 0.15) is 5.82 Å². The lowest BCUT2D eigenvalue weighted by Gasteiger charge is -2.18. The second-order valence-electron chi connectivity index (χ2n) is 5.98. The molecule has 0 bridgehead atoms. The third kappa shape index (κ3) is 2.82. The molecule has 130 valence electrons. The fourth-order valence-electron chi connectivity index (χ4n) is 3.26. The first-order valence-corrected chi connectivity index (χ1v) is 8.96. The predicted octanol–water partition coefficient (Wildman–Crippen LogP) is 1.27. The second-order valence-corrected chi connectivity index (χ2v) is 6.85. The Labute approximate surface area is 148 Å². The lowest BCUT2D eigenvalue weighted by molar-refractivity contribution is 0.0996. The zero-order chi connectivity index (χ0) is 17.4. The average molecular weight is 357 g/mol. The van der Waals surface area contributed by atoms with Crippen molar-refractivity contribution in [1.29, 1.82) is 0 Å². The van der Waals surface area contributed by atoms with Crippen molar-refractivity contribution in [3.63, 3.8) is 0 Å². The first kappa shape index (κ1) is 16.2. The summed E-state index contributed by atoms with van der Waals surface area (Å²) in [4.78, 5) is 23.5. The van der Waals surface area contributed by atoms with Crippen molar-refractivity contribution in [2.75, 3.05) is 32.1 Å². The zero-order valence-electron chi connectivity index (χ0n) is 14.0. The molecule has 0 aliphatic carbocycles. The zero-order valence-corrected chi connectivity index (χ0v) is 14.9. The molecular formula is C17H19N5O2S. The molecule has 2 unspecified atom stereocenters. The van der Waals surface area contributed by atoms with E-state index in [-0.39, 0.29) is 17.6 Å². The summed E-state index contributed by atoms with van der Waals surface area (Å²) in [6.45, 7) is 1.57. The van der Waals surface area contributed by atoms with Crippen molar-refractivity contribution in [2.45, 2.75) is 12.1 Å². The summed E-state index contributed by atoms with van der Waals surface area (Å²) in [6, 6.07) is 5.55. The molecule has 4 rings (SSSR count). The summed E-state index contributed by atoms with van der Waals surface area (Å²) < 4.78 is 7.43. The molecule has 0 radical (unpaired) electrons. The van der Waals surface area contributed by atoms with Crippen LogP contribution in [0.5, 0.6) is 0 Å². The summed E-state index contributed by atoms with van der Waals surface area (Å²) in [6.07, 6.45) is 3.59. The standard InChI is InChI=1S/C17H19N5O2S/c1-18-12-9-21(10-14(12)24-2)15-4-3-11-13(23)5-7-22(16(11)20-15)17-19-6-8-25-17/h3-8,12,14,18H,9-10H2,1-2H3. The molecule has 0 aromatic carbocycles. The minimum absolute atomic E-state index is 0.0360. The normalized spacial score (nSPS) is 20.5. The van der Waals surface area contributed by atoms with Crippen LogP contribution in [0.1, 0.15) is 0 Å². The Hall–Kier alpha value is -2.29. The van der Waals surface area contributed by atoms with Gasteiger partial charge in [-0.15, -0.1) is 11.3 Å². The van der Waals surface area contributed by atoms with Crippen LogP contribution in [-0.2, 0) is 4.74 Å². The summed E-state index contributed by atoms with van der Waals surface area (Å²) in [5.74, 6) is 0.836. The van der Waals surface area contributed by atoms with Gasteiger partial charge in [-0.05, 0) is 19.2 Å². The van der Waals surface area contributed by atoms with Crippen LogP contribution in [0.4, 0.5) is 5.82 Å². The topological polar surface area (TPSA) is 72.3 Å². The van der Waals surface area contributed by atoms with Crippen LogP contribution in [0.15, 0.2) is 40.8 Å². The van der Waals surface area contributed by atoms with Crippen molar-refractivity contribution >= 4 is 28.2 Å². The van der Waals surface area contributed by atoms with Crippen LogP contribution in [0.25, 0.3) is 16.2 Å². The van der Waals surface area contributed by atoms with E-state index in [4.69, 9.17) is 9.72 Å². The Balaban J connectivity index is 1.80. The molecule has 4 heterocycles. The summed E-state index contributed by atoms with van der Waals surface area (Å²) >= 11 is 1.51. The highest BCUT2D eigenvalue weighted by Gasteiger charge is 2.32. The number of fused-ring (bicyclic) bond motifs is 1. The van der Waals surface area contributed by atoms with Gasteiger partial charge in [0.2, 0.25) is 0 Å². The number of hydrogen-bond acceptors (Lipinski definition) is 7. The molecule has 1 N–H and O–H groups in total. The van der Waals surface area contributed by atoms with E-state index in [0.29, 0.717) is 11.0 Å². The number of nitrogens with zero attached hydrogens (tertiary/aromatic N) is 4. The van der Waals surface area contributed by atoms with Gasteiger partial charge in [-0.25, -0.2) is 9.97 Å². The molecule has 0 saturated carbocycles. The monoisotopic (exact) mass is 357 g/mol. The predicted molar refractivity (Wildman–Crippen MR) is 98.9 cm³/mol. The number of nitrogens with one attached hydrogen (secondary N) is 1.